The van der Waals surface area contributed by atoms with Crippen LogP contribution in [0, 0.1) is 0 Å². The monoisotopic (exact) mass is 455 g/mol. The highest BCUT2D eigenvalue weighted by Crippen LogP contribution is 2.37. The molecule has 1 fully saturated rings. The van der Waals surface area contributed by atoms with Crippen LogP contribution in [-0.2, 0) is 11.3 Å². The molecule has 0 N–H and O–H groups in total. The summed E-state index contributed by atoms with van der Waals surface area (Å²) in [6, 6.07) is 11.4. The molecule has 26 heavy (non-hydrogen) atoms. The van der Waals surface area contributed by atoms with Crippen LogP contribution in [0.5, 0.6) is 11.5 Å². The van der Waals surface area contributed by atoms with Gasteiger partial charge in [0.25, 0.3) is 0 Å². The molecule has 1 aliphatic heterocycles. The Labute approximate surface area is 172 Å². The van der Waals surface area contributed by atoms with Gasteiger partial charge in [0, 0.05) is 23.7 Å². The first-order valence-electron chi connectivity index (χ1n) is 8.20. The molecule has 0 bridgehead atoms. The molecule has 1 aliphatic rings. The van der Waals surface area contributed by atoms with Gasteiger partial charge in [-0.1, -0.05) is 36.0 Å². The molecule has 3 rings (SSSR count). The van der Waals surface area contributed by atoms with Gasteiger partial charge in [-0.25, -0.2) is 0 Å². The Morgan fingerprint density at radius 2 is 1.92 bits per heavy atom. The second-order valence-corrected chi connectivity index (χ2v) is 7.49. The van der Waals surface area contributed by atoms with E-state index in [9.17, 15) is 0 Å². The van der Waals surface area contributed by atoms with Gasteiger partial charge in [-0.3, -0.25) is 0 Å². The molecule has 1 heterocycles. The van der Waals surface area contributed by atoms with Crippen molar-refractivity contribution in [3.63, 3.8) is 0 Å². The first-order chi connectivity index (χ1) is 12.6. The molecule has 2 aromatic carbocycles. The molecule has 0 unspecified atom stereocenters. The third kappa shape index (κ3) is 4.68. The van der Waals surface area contributed by atoms with Gasteiger partial charge in [-0.05, 0) is 45.8 Å². The Hall–Kier alpha value is -1.34. The molecule has 2 aromatic rings. The van der Waals surface area contributed by atoms with E-state index in [2.05, 4.69) is 20.8 Å². The number of hydrogen-bond acceptors (Lipinski definition) is 4. The highest BCUT2D eigenvalue weighted by Gasteiger charge is 2.19. The molecule has 0 amide bonds. The minimum absolute atomic E-state index is 0.416. The molecule has 7 heteroatoms. The summed E-state index contributed by atoms with van der Waals surface area (Å²) in [7, 11) is 1.62. The van der Waals surface area contributed by atoms with Crippen molar-refractivity contribution < 1.29 is 14.2 Å². The summed E-state index contributed by atoms with van der Waals surface area (Å²) in [5.41, 5.74) is 1.95. The zero-order valence-corrected chi connectivity index (χ0v) is 17.5. The number of nitrogens with zero attached hydrogens (tertiary/aromatic N) is 1. The van der Waals surface area contributed by atoms with E-state index in [-0.39, 0.29) is 0 Å². The predicted molar refractivity (Wildman–Crippen MR) is 111 cm³/mol. The van der Waals surface area contributed by atoms with E-state index < -0.39 is 0 Å². The zero-order chi connectivity index (χ0) is 18.5. The molecule has 138 valence electrons. The molecule has 0 aliphatic carbocycles. The zero-order valence-electron chi connectivity index (χ0n) is 14.3. The lowest BCUT2D eigenvalue weighted by atomic mass is 10.1. The second-order valence-electron chi connectivity index (χ2n) is 5.81. The molecule has 0 aromatic heterocycles. The van der Waals surface area contributed by atoms with Crippen molar-refractivity contribution in [2.75, 3.05) is 33.4 Å². The molecule has 0 radical (unpaired) electrons. The lowest BCUT2D eigenvalue weighted by Gasteiger charge is -2.29. The lowest BCUT2D eigenvalue weighted by Crippen LogP contribution is -2.40. The maximum atomic E-state index is 5.97. The van der Waals surface area contributed by atoms with Gasteiger partial charge >= 0.3 is 0 Å². The average Bonchev–Trinajstić information content (AvgIpc) is 2.68. The van der Waals surface area contributed by atoms with Crippen molar-refractivity contribution in [1.82, 2.24) is 4.90 Å². The number of halogens is 2. The third-order valence-corrected chi connectivity index (χ3v) is 5.41. The van der Waals surface area contributed by atoms with E-state index >= 15 is 0 Å². The summed E-state index contributed by atoms with van der Waals surface area (Å²) < 4.78 is 17.7. The highest BCUT2D eigenvalue weighted by atomic mass is 79.9. The molecule has 0 spiro atoms. The van der Waals surface area contributed by atoms with Crippen LogP contribution < -0.4 is 9.47 Å². The summed E-state index contributed by atoms with van der Waals surface area (Å²) in [4.78, 5) is 2.94. The summed E-state index contributed by atoms with van der Waals surface area (Å²) >= 11 is 15.2. The quantitative estimate of drug-likeness (QED) is 0.609. The van der Waals surface area contributed by atoms with E-state index in [4.69, 9.17) is 38.0 Å². The van der Waals surface area contributed by atoms with Crippen molar-refractivity contribution >= 4 is 44.7 Å². The van der Waals surface area contributed by atoms with Crippen molar-refractivity contribution in [1.29, 1.82) is 0 Å². The summed E-state index contributed by atoms with van der Waals surface area (Å²) in [5, 5.41) is 0.702. The van der Waals surface area contributed by atoms with Crippen LogP contribution in [0.4, 0.5) is 0 Å². The number of rotatable bonds is 5. The molecule has 1 saturated heterocycles. The Bertz CT molecular complexity index is 779. The molecule has 0 atom stereocenters. The number of morpholine rings is 1. The van der Waals surface area contributed by atoms with Crippen LogP contribution in [0.25, 0.3) is 0 Å². The van der Waals surface area contributed by atoms with Gasteiger partial charge in [0.15, 0.2) is 11.5 Å². The lowest BCUT2D eigenvalue weighted by molar-refractivity contribution is 0.0693. The molecule has 0 saturated carbocycles. The summed E-state index contributed by atoms with van der Waals surface area (Å²) in [5.74, 6) is 1.29. The normalized spacial score (nSPS) is 14.2. The molecular weight excluding hydrogens is 438 g/mol. The standard InChI is InChI=1S/C19H19BrClNO3S/c1-23-17-11-14(19(26)22-6-8-24-9-7-22)10-16(20)18(17)25-12-13-2-4-15(21)5-3-13/h2-5,10-11H,6-9,12H2,1H3. The third-order valence-electron chi connectivity index (χ3n) is 4.07. The topological polar surface area (TPSA) is 30.9 Å². The second kappa shape index (κ2) is 9.04. The van der Waals surface area contributed by atoms with Crippen LogP contribution in [-0.4, -0.2) is 43.3 Å². The fourth-order valence-corrected chi connectivity index (χ4v) is 3.65. The van der Waals surface area contributed by atoms with Crippen molar-refractivity contribution in [2.24, 2.45) is 0 Å². The van der Waals surface area contributed by atoms with E-state index in [1.165, 1.54) is 0 Å². The summed E-state index contributed by atoms with van der Waals surface area (Å²) in [6.45, 7) is 3.40. The predicted octanol–water partition coefficient (Wildman–Crippen LogP) is 4.70. The molecular formula is C19H19BrClNO3S. The van der Waals surface area contributed by atoms with E-state index in [1.54, 1.807) is 7.11 Å². The van der Waals surface area contributed by atoms with Gasteiger partial charge in [0.1, 0.15) is 11.6 Å². The van der Waals surface area contributed by atoms with Crippen molar-refractivity contribution in [3.05, 3.63) is 57.0 Å². The molecule has 4 nitrogen and oxygen atoms in total. The first kappa shape index (κ1) is 19.4. The Balaban J connectivity index is 1.78. The van der Waals surface area contributed by atoms with Gasteiger partial charge in [-0.15, -0.1) is 0 Å². The number of thiocarbonyl (C=S) groups is 1. The van der Waals surface area contributed by atoms with E-state index in [0.29, 0.717) is 36.3 Å². The van der Waals surface area contributed by atoms with Gasteiger partial charge in [0.05, 0.1) is 24.8 Å². The fraction of sp³-hybridized carbons (Fsp3) is 0.316. The van der Waals surface area contributed by atoms with Gasteiger partial charge in [-0.2, -0.15) is 0 Å². The van der Waals surface area contributed by atoms with Crippen LogP contribution >= 0.6 is 39.7 Å². The van der Waals surface area contributed by atoms with Crippen LogP contribution in [0.15, 0.2) is 40.9 Å². The largest absolute Gasteiger partial charge is 0.493 e. The maximum absolute atomic E-state index is 5.97. The minimum atomic E-state index is 0.416. The average molecular weight is 457 g/mol. The number of hydrogen-bond donors (Lipinski definition) is 0. The highest BCUT2D eigenvalue weighted by molar-refractivity contribution is 9.10. The van der Waals surface area contributed by atoms with Gasteiger partial charge < -0.3 is 19.1 Å². The Morgan fingerprint density at radius 3 is 2.58 bits per heavy atom. The van der Waals surface area contributed by atoms with Crippen LogP contribution in [0.3, 0.4) is 0 Å². The minimum Gasteiger partial charge on any atom is -0.493 e. The fourth-order valence-electron chi connectivity index (χ4n) is 2.67. The Morgan fingerprint density at radius 1 is 1.23 bits per heavy atom. The number of methoxy groups -OCH3 is 1. The smallest absolute Gasteiger partial charge is 0.175 e. The van der Waals surface area contributed by atoms with E-state index in [0.717, 1.165) is 33.7 Å². The van der Waals surface area contributed by atoms with E-state index in [1.807, 2.05) is 36.4 Å². The van der Waals surface area contributed by atoms with Crippen LogP contribution in [0.1, 0.15) is 11.1 Å². The number of benzene rings is 2. The number of ether oxygens (including phenoxy) is 3. The summed E-state index contributed by atoms with van der Waals surface area (Å²) in [6.07, 6.45) is 0. The van der Waals surface area contributed by atoms with Crippen molar-refractivity contribution in [3.8, 4) is 11.5 Å². The first-order valence-corrected chi connectivity index (χ1v) is 9.78. The maximum Gasteiger partial charge on any atom is 0.175 e. The SMILES string of the molecule is COc1cc(C(=S)N2CCOCC2)cc(Br)c1OCc1ccc(Cl)cc1. The van der Waals surface area contributed by atoms with Gasteiger partial charge in [0.2, 0.25) is 0 Å². The Kier molecular flexibility index (Phi) is 6.75. The van der Waals surface area contributed by atoms with Crippen molar-refractivity contribution in [2.45, 2.75) is 6.61 Å². The van der Waals surface area contributed by atoms with Crippen LogP contribution in [0.2, 0.25) is 5.02 Å².